The molecule has 1 heterocycles. The molecule has 0 aliphatic rings. The van der Waals surface area contributed by atoms with Crippen LogP contribution in [0.4, 0.5) is 4.39 Å². The predicted molar refractivity (Wildman–Crippen MR) is 93.9 cm³/mol. The van der Waals surface area contributed by atoms with Gasteiger partial charge >= 0.3 is 0 Å². The summed E-state index contributed by atoms with van der Waals surface area (Å²) in [7, 11) is 1.94. The van der Waals surface area contributed by atoms with Gasteiger partial charge in [0.15, 0.2) is 0 Å². The van der Waals surface area contributed by atoms with E-state index in [1.807, 2.05) is 30.1 Å². The van der Waals surface area contributed by atoms with E-state index in [0.717, 1.165) is 10.5 Å². The normalized spacial score (nSPS) is 12.7. The number of nitrogens with zero attached hydrogens (tertiary/aromatic N) is 2. The molecule has 0 spiro atoms. The number of likely N-dealkylation sites (N-methyl/N-ethyl adjacent to an activating group) is 1. The van der Waals surface area contributed by atoms with Crippen molar-refractivity contribution < 1.29 is 14.2 Å². The minimum Gasteiger partial charge on any atom is -0.491 e. The van der Waals surface area contributed by atoms with E-state index in [2.05, 4.69) is 11.1 Å². The first-order chi connectivity index (χ1) is 11.6. The second-order valence-corrected chi connectivity index (χ2v) is 6.81. The fraction of sp³-hybridized carbons (Fsp3) is 0.278. The first-order valence-electron chi connectivity index (χ1n) is 7.69. The summed E-state index contributed by atoms with van der Waals surface area (Å²) in [6.07, 6.45) is -0.630. The third kappa shape index (κ3) is 4.50. The van der Waals surface area contributed by atoms with Gasteiger partial charge in [0.05, 0.1) is 16.8 Å². The van der Waals surface area contributed by atoms with E-state index in [1.54, 1.807) is 23.5 Å². The van der Waals surface area contributed by atoms with Crippen LogP contribution in [-0.2, 0) is 6.54 Å². The van der Waals surface area contributed by atoms with Gasteiger partial charge in [-0.2, -0.15) is 0 Å². The van der Waals surface area contributed by atoms with Crippen molar-refractivity contribution in [3.8, 4) is 5.75 Å². The highest BCUT2D eigenvalue weighted by Crippen LogP contribution is 2.22. The lowest BCUT2D eigenvalue weighted by atomic mass is 10.3. The lowest BCUT2D eigenvalue weighted by Crippen LogP contribution is -2.32. The maximum Gasteiger partial charge on any atom is 0.123 e. The fourth-order valence-electron chi connectivity index (χ4n) is 2.42. The minimum atomic E-state index is -0.630. The number of aromatic nitrogens is 1. The van der Waals surface area contributed by atoms with E-state index in [1.165, 1.54) is 16.8 Å². The number of aliphatic hydroxyl groups excluding tert-OH is 1. The van der Waals surface area contributed by atoms with Crippen LogP contribution in [0, 0.1) is 5.82 Å². The summed E-state index contributed by atoms with van der Waals surface area (Å²) in [4.78, 5) is 6.60. The number of rotatable bonds is 7. The highest BCUT2D eigenvalue weighted by molar-refractivity contribution is 7.18. The molecule has 0 fully saturated rings. The number of ether oxygens (including phenoxy) is 1. The minimum absolute atomic E-state index is 0.163. The molecule has 0 saturated carbocycles. The monoisotopic (exact) mass is 346 g/mol. The van der Waals surface area contributed by atoms with Crippen LogP contribution in [0.1, 0.15) is 5.01 Å². The Bertz CT molecular complexity index is 758. The molecule has 0 aliphatic carbocycles. The summed E-state index contributed by atoms with van der Waals surface area (Å²) in [5.41, 5.74) is 1.01. The molecule has 0 radical (unpaired) electrons. The van der Waals surface area contributed by atoms with E-state index >= 15 is 0 Å². The Kier molecular flexibility index (Phi) is 5.40. The van der Waals surface area contributed by atoms with E-state index in [9.17, 15) is 9.50 Å². The van der Waals surface area contributed by atoms with Gasteiger partial charge in [-0.1, -0.05) is 12.1 Å². The fourth-order valence-corrected chi connectivity index (χ4v) is 3.47. The van der Waals surface area contributed by atoms with Gasteiger partial charge in [-0.05, 0) is 43.4 Å². The number of para-hydroxylation sites is 1. The molecule has 0 aliphatic heterocycles. The third-order valence-corrected chi connectivity index (χ3v) is 4.54. The Hall–Kier alpha value is -2.02. The summed E-state index contributed by atoms with van der Waals surface area (Å²) >= 11 is 1.66. The first-order valence-corrected chi connectivity index (χ1v) is 8.51. The lowest BCUT2D eigenvalue weighted by Gasteiger charge is -2.19. The zero-order valence-electron chi connectivity index (χ0n) is 13.4. The van der Waals surface area contributed by atoms with Crippen molar-refractivity contribution in [1.29, 1.82) is 0 Å². The number of aliphatic hydroxyl groups is 1. The summed E-state index contributed by atoms with van der Waals surface area (Å²) in [5, 5.41) is 11.1. The van der Waals surface area contributed by atoms with Crippen molar-refractivity contribution in [3.05, 3.63) is 59.4 Å². The van der Waals surface area contributed by atoms with Gasteiger partial charge in [0.25, 0.3) is 0 Å². The molecule has 0 saturated heterocycles. The van der Waals surface area contributed by atoms with Crippen LogP contribution in [0.15, 0.2) is 48.5 Å². The predicted octanol–water partition coefficient (Wildman–Crippen LogP) is 3.31. The Morgan fingerprint density at radius 2 is 1.96 bits per heavy atom. The van der Waals surface area contributed by atoms with Gasteiger partial charge in [0, 0.05) is 6.54 Å². The zero-order chi connectivity index (χ0) is 16.9. The molecule has 3 rings (SSSR count). The molecule has 3 aromatic rings. The number of halogens is 1. The molecule has 126 valence electrons. The molecule has 6 heteroatoms. The van der Waals surface area contributed by atoms with Crippen LogP contribution in [-0.4, -0.2) is 41.3 Å². The van der Waals surface area contributed by atoms with Gasteiger partial charge in [-0.3, -0.25) is 4.90 Å². The van der Waals surface area contributed by atoms with Crippen LogP contribution in [0.5, 0.6) is 5.75 Å². The van der Waals surface area contributed by atoms with Crippen LogP contribution in [0.3, 0.4) is 0 Å². The van der Waals surface area contributed by atoms with Gasteiger partial charge in [0.1, 0.15) is 29.3 Å². The van der Waals surface area contributed by atoms with E-state index in [4.69, 9.17) is 4.74 Å². The lowest BCUT2D eigenvalue weighted by molar-refractivity contribution is 0.0743. The van der Waals surface area contributed by atoms with Crippen LogP contribution >= 0.6 is 11.3 Å². The van der Waals surface area contributed by atoms with Crippen molar-refractivity contribution in [2.45, 2.75) is 12.6 Å². The number of hydrogen-bond donors (Lipinski definition) is 1. The highest BCUT2D eigenvalue weighted by atomic mass is 32.1. The van der Waals surface area contributed by atoms with Crippen molar-refractivity contribution in [3.63, 3.8) is 0 Å². The second-order valence-electron chi connectivity index (χ2n) is 5.69. The van der Waals surface area contributed by atoms with Crippen molar-refractivity contribution in [1.82, 2.24) is 9.88 Å². The van der Waals surface area contributed by atoms with E-state index in [0.29, 0.717) is 18.8 Å². The molecule has 24 heavy (non-hydrogen) atoms. The van der Waals surface area contributed by atoms with Crippen LogP contribution < -0.4 is 4.74 Å². The Morgan fingerprint density at radius 3 is 2.71 bits per heavy atom. The zero-order valence-corrected chi connectivity index (χ0v) is 14.2. The maximum absolute atomic E-state index is 12.8. The summed E-state index contributed by atoms with van der Waals surface area (Å²) in [5.74, 6) is 0.239. The SMILES string of the molecule is CN(Cc1nc2ccccc2s1)C[C@@H](O)COc1ccc(F)cc1. The molecule has 0 bridgehead atoms. The average molecular weight is 346 g/mol. The van der Waals surface area contributed by atoms with Crippen molar-refractivity contribution >= 4 is 21.6 Å². The molecule has 0 unspecified atom stereocenters. The summed E-state index contributed by atoms with van der Waals surface area (Å²) in [6, 6.07) is 13.8. The smallest absolute Gasteiger partial charge is 0.123 e. The van der Waals surface area contributed by atoms with Crippen LogP contribution in [0.2, 0.25) is 0 Å². The topological polar surface area (TPSA) is 45.6 Å². The average Bonchev–Trinajstić information content (AvgIpc) is 2.96. The number of thiazole rings is 1. The van der Waals surface area contributed by atoms with Gasteiger partial charge in [-0.25, -0.2) is 9.37 Å². The first kappa shape index (κ1) is 16.8. The Labute approximate surface area is 144 Å². The maximum atomic E-state index is 12.8. The van der Waals surface area contributed by atoms with Gasteiger partial charge in [-0.15, -0.1) is 11.3 Å². The Balaban J connectivity index is 1.48. The molecule has 1 aromatic heterocycles. The van der Waals surface area contributed by atoms with Gasteiger partial charge in [0.2, 0.25) is 0 Å². The molecule has 1 N–H and O–H groups in total. The molecule has 0 amide bonds. The number of benzene rings is 2. The van der Waals surface area contributed by atoms with Crippen molar-refractivity contribution in [2.75, 3.05) is 20.2 Å². The third-order valence-electron chi connectivity index (χ3n) is 3.52. The number of fused-ring (bicyclic) bond motifs is 1. The van der Waals surface area contributed by atoms with Crippen LogP contribution in [0.25, 0.3) is 10.2 Å². The molecular weight excluding hydrogens is 327 g/mol. The molecular formula is C18H19FN2O2S. The quantitative estimate of drug-likeness (QED) is 0.713. The van der Waals surface area contributed by atoms with E-state index < -0.39 is 6.10 Å². The highest BCUT2D eigenvalue weighted by Gasteiger charge is 2.12. The van der Waals surface area contributed by atoms with E-state index in [-0.39, 0.29) is 12.4 Å². The summed E-state index contributed by atoms with van der Waals surface area (Å²) in [6.45, 7) is 1.31. The molecule has 1 atom stereocenters. The Morgan fingerprint density at radius 1 is 1.21 bits per heavy atom. The van der Waals surface area contributed by atoms with Gasteiger partial charge < -0.3 is 9.84 Å². The largest absolute Gasteiger partial charge is 0.491 e. The molecule has 4 nitrogen and oxygen atoms in total. The summed E-state index contributed by atoms with van der Waals surface area (Å²) < 4.78 is 19.5. The number of hydrogen-bond acceptors (Lipinski definition) is 5. The second kappa shape index (κ2) is 7.70. The van der Waals surface area contributed by atoms with Crippen molar-refractivity contribution in [2.24, 2.45) is 0 Å². The molecule has 2 aromatic carbocycles. The standard InChI is InChI=1S/C18H19FN2O2S/c1-21(11-18-20-16-4-2-3-5-17(16)24-18)10-14(22)12-23-15-8-6-13(19)7-9-15/h2-9,14,22H,10-12H2,1H3/t14-/m1/s1.